The molecule has 2 aromatic carbocycles. The largest absolute Gasteiger partial charge is 0.345 e. The Bertz CT molecular complexity index is 1060. The Hall–Kier alpha value is -3.19. The molecule has 0 aliphatic heterocycles. The fraction of sp³-hybridized carbons (Fsp3) is 0.227. The molecule has 0 aliphatic carbocycles. The summed E-state index contributed by atoms with van der Waals surface area (Å²) in [5.74, 6) is -0.792. The van der Waals surface area contributed by atoms with Crippen LogP contribution in [-0.4, -0.2) is 21.6 Å². The normalized spacial score (nSPS) is 11.8. The van der Waals surface area contributed by atoms with Gasteiger partial charge in [0.15, 0.2) is 0 Å². The van der Waals surface area contributed by atoms with Crippen molar-refractivity contribution in [3.63, 3.8) is 0 Å². The van der Waals surface area contributed by atoms with Gasteiger partial charge in [0.05, 0.1) is 23.0 Å². The van der Waals surface area contributed by atoms with Crippen molar-refractivity contribution in [3.05, 3.63) is 76.3 Å². The van der Waals surface area contributed by atoms with Gasteiger partial charge in [-0.05, 0) is 55.8 Å². The van der Waals surface area contributed by atoms with Gasteiger partial charge in [-0.1, -0.05) is 30.7 Å². The van der Waals surface area contributed by atoms with Crippen molar-refractivity contribution in [3.8, 4) is 5.69 Å². The molecule has 2 amide bonds. The van der Waals surface area contributed by atoms with Gasteiger partial charge in [0, 0.05) is 12.1 Å². The summed E-state index contributed by atoms with van der Waals surface area (Å²) in [5.41, 5.74) is 2.86. The third-order valence-electron chi connectivity index (χ3n) is 4.67. The molecule has 1 atom stereocenters. The van der Waals surface area contributed by atoms with Crippen LogP contribution in [0, 0.1) is 12.7 Å². The van der Waals surface area contributed by atoms with Crippen molar-refractivity contribution in [1.29, 1.82) is 0 Å². The minimum Gasteiger partial charge on any atom is -0.345 e. The van der Waals surface area contributed by atoms with E-state index in [4.69, 9.17) is 11.6 Å². The van der Waals surface area contributed by atoms with E-state index in [2.05, 4.69) is 15.7 Å². The smallest absolute Gasteiger partial charge is 0.256 e. The van der Waals surface area contributed by atoms with E-state index in [1.807, 2.05) is 19.1 Å². The van der Waals surface area contributed by atoms with Crippen LogP contribution in [0.4, 0.5) is 10.1 Å². The molecule has 156 valence electrons. The summed E-state index contributed by atoms with van der Waals surface area (Å²) in [7, 11) is 0. The van der Waals surface area contributed by atoms with E-state index >= 15 is 0 Å². The van der Waals surface area contributed by atoms with Crippen LogP contribution in [0.15, 0.2) is 48.5 Å². The molecule has 0 radical (unpaired) electrons. The molecule has 0 saturated carbocycles. The molecule has 30 heavy (non-hydrogen) atoms. The summed E-state index contributed by atoms with van der Waals surface area (Å²) in [6.07, 6.45) is 0.403. The first kappa shape index (κ1) is 21.5. The molecule has 0 bridgehead atoms. The molecule has 0 spiro atoms. The maximum absolute atomic E-state index is 13.2. The summed E-state index contributed by atoms with van der Waals surface area (Å²) >= 11 is 6.42. The second kappa shape index (κ2) is 9.09. The number of aromatic nitrogens is 2. The molecule has 1 unspecified atom stereocenters. The molecule has 1 heterocycles. The second-order valence-corrected chi connectivity index (χ2v) is 7.22. The van der Waals surface area contributed by atoms with E-state index < -0.39 is 0 Å². The van der Waals surface area contributed by atoms with Crippen LogP contribution >= 0.6 is 11.6 Å². The molecule has 0 fully saturated rings. The van der Waals surface area contributed by atoms with Crippen LogP contribution in [0.2, 0.25) is 5.15 Å². The number of nitrogens with one attached hydrogen (secondary N) is 2. The van der Waals surface area contributed by atoms with E-state index in [1.165, 1.54) is 28.9 Å². The summed E-state index contributed by atoms with van der Waals surface area (Å²) in [6.45, 7) is 5.33. The highest BCUT2D eigenvalue weighted by atomic mass is 35.5. The molecular formula is C22H22ClFN4O2. The van der Waals surface area contributed by atoms with Crippen LogP contribution in [0.25, 0.3) is 5.69 Å². The highest BCUT2D eigenvalue weighted by Gasteiger charge is 2.22. The highest BCUT2D eigenvalue weighted by molar-refractivity contribution is 6.33. The molecule has 0 aliphatic rings. The Labute approximate surface area is 179 Å². The van der Waals surface area contributed by atoms with Crippen molar-refractivity contribution in [2.24, 2.45) is 0 Å². The zero-order valence-electron chi connectivity index (χ0n) is 16.9. The minimum atomic E-state index is -0.370. The lowest BCUT2D eigenvalue weighted by Crippen LogP contribution is -2.27. The van der Waals surface area contributed by atoms with Gasteiger partial charge in [-0.15, -0.1) is 0 Å². The predicted octanol–water partition coefficient (Wildman–Crippen LogP) is 4.81. The van der Waals surface area contributed by atoms with Gasteiger partial charge in [-0.3, -0.25) is 9.59 Å². The molecule has 0 saturated heterocycles. The predicted molar refractivity (Wildman–Crippen MR) is 115 cm³/mol. The number of aryl methyl sites for hydroxylation is 1. The van der Waals surface area contributed by atoms with E-state index in [0.717, 1.165) is 5.56 Å². The lowest BCUT2D eigenvalue weighted by Gasteiger charge is -2.15. The maximum atomic E-state index is 13.2. The Balaban J connectivity index is 1.75. The standard InChI is InChI=1S/C22H22ClFN4O2/c1-4-19(29)26-17-9-5-15(6-10-17)13(2)25-22(30)20-14(3)27-28(21(20)23)18-11-7-16(24)8-12-18/h5-13H,4H2,1-3H3,(H,25,30)(H,26,29). The monoisotopic (exact) mass is 428 g/mol. The summed E-state index contributed by atoms with van der Waals surface area (Å²) in [5, 5.41) is 10.2. The van der Waals surface area contributed by atoms with Gasteiger partial charge >= 0.3 is 0 Å². The van der Waals surface area contributed by atoms with Crippen molar-refractivity contribution < 1.29 is 14.0 Å². The van der Waals surface area contributed by atoms with Crippen LogP contribution < -0.4 is 10.6 Å². The Morgan fingerprint density at radius 1 is 1.13 bits per heavy atom. The average molecular weight is 429 g/mol. The number of carbonyl (C=O) groups is 2. The summed E-state index contributed by atoms with van der Waals surface area (Å²) < 4.78 is 14.6. The zero-order valence-corrected chi connectivity index (χ0v) is 17.6. The first-order chi connectivity index (χ1) is 14.3. The summed E-state index contributed by atoms with van der Waals surface area (Å²) in [4.78, 5) is 24.3. The Kier molecular flexibility index (Phi) is 6.52. The van der Waals surface area contributed by atoms with Crippen LogP contribution in [0.1, 0.15) is 47.9 Å². The van der Waals surface area contributed by atoms with Crippen LogP contribution in [0.3, 0.4) is 0 Å². The van der Waals surface area contributed by atoms with E-state index in [1.54, 1.807) is 26.0 Å². The number of amides is 2. The van der Waals surface area contributed by atoms with Gasteiger partial charge in [0.25, 0.3) is 5.91 Å². The van der Waals surface area contributed by atoms with Gasteiger partial charge in [0.1, 0.15) is 11.0 Å². The number of hydrogen-bond acceptors (Lipinski definition) is 3. The Morgan fingerprint density at radius 3 is 2.37 bits per heavy atom. The highest BCUT2D eigenvalue weighted by Crippen LogP contribution is 2.25. The summed E-state index contributed by atoms with van der Waals surface area (Å²) in [6, 6.07) is 12.6. The quantitative estimate of drug-likeness (QED) is 0.591. The Morgan fingerprint density at radius 2 is 1.77 bits per heavy atom. The van der Waals surface area contributed by atoms with E-state index in [9.17, 15) is 14.0 Å². The van der Waals surface area contributed by atoms with Crippen molar-refractivity contribution in [2.45, 2.75) is 33.2 Å². The molecule has 2 N–H and O–H groups in total. The van der Waals surface area contributed by atoms with E-state index in [-0.39, 0.29) is 34.4 Å². The van der Waals surface area contributed by atoms with Crippen molar-refractivity contribution >= 4 is 29.1 Å². The van der Waals surface area contributed by atoms with Gasteiger partial charge in [-0.25, -0.2) is 9.07 Å². The van der Waals surface area contributed by atoms with Gasteiger partial charge in [0.2, 0.25) is 5.91 Å². The number of carbonyl (C=O) groups excluding carboxylic acids is 2. The number of halogens is 2. The number of rotatable bonds is 6. The molecule has 6 nitrogen and oxygen atoms in total. The fourth-order valence-corrected chi connectivity index (χ4v) is 3.33. The number of benzene rings is 2. The minimum absolute atomic E-state index is 0.0626. The molecule has 3 aromatic rings. The van der Waals surface area contributed by atoms with Gasteiger partial charge < -0.3 is 10.6 Å². The average Bonchev–Trinajstić information content (AvgIpc) is 3.03. The van der Waals surface area contributed by atoms with Crippen molar-refractivity contribution in [2.75, 3.05) is 5.32 Å². The number of hydrogen-bond donors (Lipinski definition) is 2. The van der Waals surface area contributed by atoms with Crippen LogP contribution in [-0.2, 0) is 4.79 Å². The lowest BCUT2D eigenvalue weighted by atomic mass is 10.1. The second-order valence-electron chi connectivity index (χ2n) is 6.86. The number of anilines is 1. The fourth-order valence-electron chi connectivity index (χ4n) is 2.97. The van der Waals surface area contributed by atoms with Gasteiger partial charge in [-0.2, -0.15) is 5.10 Å². The zero-order chi connectivity index (χ0) is 21.8. The molecule has 3 rings (SSSR count). The van der Waals surface area contributed by atoms with Crippen LogP contribution in [0.5, 0.6) is 0 Å². The molecular weight excluding hydrogens is 407 g/mol. The molecule has 8 heteroatoms. The third-order valence-corrected chi connectivity index (χ3v) is 5.01. The lowest BCUT2D eigenvalue weighted by molar-refractivity contribution is -0.115. The third kappa shape index (κ3) is 4.68. The van der Waals surface area contributed by atoms with Crippen molar-refractivity contribution in [1.82, 2.24) is 15.1 Å². The van der Waals surface area contributed by atoms with E-state index in [0.29, 0.717) is 23.5 Å². The molecule has 1 aromatic heterocycles. The maximum Gasteiger partial charge on any atom is 0.256 e. The SMILES string of the molecule is CCC(=O)Nc1ccc(C(C)NC(=O)c2c(C)nn(-c3ccc(F)cc3)c2Cl)cc1. The number of nitrogens with zero attached hydrogens (tertiary/aromatic N) is 2. The first-order valence-electron chi connectivity index (χ1n) is 9.52. The topological polar surface area (TPSA) is 76.0 Å². The first-order valence-corrected chi connectivity index (χ1v) is 9.89.